The van der Waals surface area contributed by atoms with Crippen molar-refractivity contribution in [1.29, 1.82) is 0 Å². The van der Waals surface area contributed by atoms with E-state index in [9.17, 15) is 9.18 Å². The molecule has 0 aliphatic carbocycles. The molecule has 7 heteroatoms. The van der Waals surface area contributed by atoms with Crippen LogP contribution in [0.2, 0.25) is 10.0 Å². The fourth-order valence-corrected chi connectivity index (χ4v) is 3.08. The third-order valence-electron chi connectivity index (χ3n) is 3.57. The van der Waals surface area contributed by atoms with Crippen LogP contribution in [0.4, 0.5) is 4.39 Å². The minimum Gasteiger partial charge on any atom is -0.478 e. The zero-order chi connectivity index (χ0) is 15.1. The molecule has 1 aliphatic heterocycles. The quantitative estimate of drug-likeness (QED) is 0.905. The topological polar surface area (TPSA) is 55.1 Å². The van der Waals surface area contributed by atoms with Crippen LogP contribution in [0, 0.1) is 5.82 Å². The average Bonchev–Trinajstić information content (AvgIpc) is 2.76. The van der Waals surface area contributed by atoms with E-state index in [1.807, 2.05) is 0 Å². The minimum atomic E-state index is -1.22. The number of halogens is 3. The van der Waals surface area contributed by atoms with Crippen LogP contribution in [0.3, 0.4) is 0 Å². The van der Waals surface area contributed by atoms with E-state index in [1.165, 1.54) is 6.07 Å². The normalized spacial score (nSPS) is 14.0. The number of rotatable bonds is 2. The Morgan fingerprint density at radius 2 is 2.10 bits per heavy atom. The molecule has 3 rings (SSSR count). The van der Waals surface area contributed by atoms with Crippen LogP contribution >= 0.6 is 23.2 Å². The summed E-state index contributed by atoms with van der Waals surface area (Å²) in [5.41, 5.74) is 1.02. The van der Waals surface area contributed by atoms with Gasteiger partial charge in [0, 0.05) is 12.1 Å². The second-order valence-electron chi connectivity index (χ2n) is 4.91. The van der Waals surface area contributed by atoms with Crippen LogP contribution in [-0.2, 0) is 13.0 Å². The summed E-state index contributed by atoms with van der Waals surface area (Å²) >= 11 is 12.0. The third kappa shape index (κ3) is 2.40. The Bertz CT molecular complexity index is 743. The number of aromatic nitrogens is 2. The van der Waals surface area contributed by atoms with Gasteiger partial charge in [0.2, 0.25) is 0 Å². The smallest absolute Gasteiger partial charge is 0.337 e. The van der Waals surface area contributed by atoms with Crippen molar-refractivity contribution in [2.24, 2.45) is 0 Å². The summed E-state index contributed by atoms with van der Waals surface area (Å²) in [6.07, 6.45) is 2.79. The van der Waals surface area contributed by atoms with Gasteiger partial charge in [0.05, 0.1) is 21.3 Å². The van der Waals surface area contributed by atoms with Crippen molar-refractivity contribution in [3.05, 3.63) is 39.3 Å². The number of nitrogens with zero attached hydrogens (tertiary/aromatic N) is 2. The molecule has 0 fully saturated rings. The van der Waals surface area contributed by atoms with Crippen molar-refractivity contribution >= 4 is 29.2 Å². The van der Waals surface area contributed by atoms with Gasteiger partial charge >= 0.3 is 5.97 Å². The van der Waals surface area contributed by atoms with E-state index < -0.39 is 11.8 Å². The summed E-state index contributed by atoms with van der Waals surface area (Å²) in [6, 6.07) is 2.16. The maximum absolute atomic E-state index is 14.1. The van der Waals surface area contributed by atoms with E-state index in [1.54, 1.807) is 4.68 Å². The Hall–Kier alpha value is -1.59. The molecule has 4 nitrogen and oxygen atoms in total. The van der Waals surface area contributed by atoms with E-state index >= 15 is 0 Å². The molecule has 0 saturated heterocycles. The molecule has 0 atom stereocenters. The zero-order valence-corrected chi connectivity index (χ0v) is 12.4. The minimum absolute atomic E-state index is 0.0590. The van der Waals surface area contributed by atoms with E-state index in [4.69, 9.17) is 28.3 Å². The molecule has 0 bridgehead atoms. The molecule has 0 radical (unpaired) electrons. The van der Waals surface area contributed by atoms with Gasteiger partial charge in [-0.25, -0.2) is 9.18 Å². The maximum atomic E-state index is 14.1. The molecule has 0 amide bonds. The number of aromatic carboxylic acids is 1. The second kappa shape index (κ2) is 5.31. The standard InChI is InChI=1S/C14H11Cl2FN2O2/c15-9-6-10(17)8(5-7(9)14(20)21)13-12(16)11-3-1-2-4-19(11)18-13/h5-6H,1-4H2,(H,20,21). The maximum Gasteiger partial charge on any atom is 0.337 e. The van der Waals surface area contributed by atoms with Gasteiger partial charge in [-0.15, -0.1) is 0 Å². The van der Waals surface area contributed by atoms with Crippen molar-refractivity contribution < 1.29 is 14.3 Å². The fourth-order valence-electron chi connectivity index (χ4n) is 2.52. The number of hydrogen-bond donors (Lipinski definition) is 1. The molecule has 21 heavy (non-hydrogen) atoms. The lowest BCUT2D eigenvalue weighted by atomic mass is 10.1. The highest BCUT2D eigenvalue weighted by molar-refractivity contribution is 6.34. The predicted octanol–water partition coefficient (Wildman–Crippen LogP) is 4.03. The van der Waals surface area contributed by atoms with Crippen molar-refractivity contribution in [2.45, 2.75) is 25.8 Å². The first-order valence-electron chi connectivity index (χ1n) is 6.47. The van der Waals surface area contributed by atoms with Gasteiger partial charge in [-0.05, 0) is 31.4 Å². The molecular formula is C14H11Cl2FN2O2. The van der Waals surface area contributed by atoms with Crippen molar-refractivity contribution in [3.63, 3.8) is 0 Å². The largest absolute Gasteiger partial charge is 0.478 e. The van der Waals surface area contributed by atoms with Gasteiger partial charge in [-0.1, -0.05) is 23.2 Å². The summed E-state index contributed by atoms with van der Waals surface area (Å²) < 4.78 is 15.9. The first-order valence-corrected chi connectivity index (χ1v) is 7.22. The van der Waals surface area contributed by atoms with Gasteiger partial charge in [0.1, 0.15) is 11.5 Å². The van der Waals surface area contributed by atoms with Crippen LogP contribution in [0.1, 0.15) is 28.9 Å². The molecule has 110 valence electrons. The first-order chi connectivity index (χ1) is 9.99. The Morgan fingerprint density at radius 1 is 1.33 bits per heavy atom. The van der Waals surface area contributed by atoms with Gasteiger partial charge in [0.15, 0.2) is 0 Å². The molecule has 1 aromatic carbocycles. The van der Waals surface area contributed by atoms with Gasteiger partial charge in [-0.3, -0.25) is 4.68 Å². The van der Waals surface area contributed by atoms with Crippen LogP contribution in [0.15, 0.2) is 12.1 Å². The highest BCUT2D eigenvalue weighted by Gasteiger charge is 2.23. The molecule has 0 spiro atoms. The Kier molecular flexibility index (Phi) is 3.63. The van der Waals surface area contributed by atoms with Crippen molar-refractivity contribution in [3.8, 4) is 11.3 Å². The van der Waals surface area contributed by atoms with E-state index in [-0.39, 0.29) is 21.8 Å². The van der Waals surface area contributed by atoms with Gasteiger partial charge in [-0.2, -0.15) is 5.10 Å². The molecule has 1 N–H and O–H groups in total. The Labute approximate surface area is 130 Å². The third-order valence-corrected chi connectivity index (χ3v) is 4.28. The highest BCUT2D eigenvalue weighted by atomic mass is 35.5. The SMILES string of the molecule is O=C(O)c1cc(-c2nn3c(c2Cl)CCCC3)c(F)cc1Cl. The van der Waals surface area contributed by atoms with Crippen molar-refractivity contribution in [2.75, 3.05) is 0 Å². The second-order valence-corrected chi connectivity index (χ2v) is 5.69. The monoisotopic (exact) mass is 328 g/mol. The molecule has 0 saturated carbocycles. The fraction of sp³-hybridized carbons (Fsp3) is 0.286. The average molecular weight is 329 g/mol. The van der Waals surface area contributed by atoms with Crippen LogP contribution in [0.5, 0.6) is 0 Å². The highest BCUT2D eigenvalue weighted by Crippen LogP contribution is 2.36. The summed E-state index contributed by atoms with van der Waals surface area (Å²) in [6.45, 7) is 0.732. The summed E-state index contributed by atoms with van der Waals surface area (Å²) in [4.78, 5) is 11.1. The number of hydrogen-bond acceptors (Lipinski definition) is 2. The lowest BCUT2D eigenvalue weighted by molar-refractivity contribution is 0.0697. The van der Waals surface area contributed by atoms with Gasteiger partial charge in [0.25, 0.3) is 0 Å². The molecule has 2 aromatic rings. The molecule has 1 aliphatic rings. The summed E-state index contributed by atoms with van der Waals surface area (Å²) in [5.74, 6) is -1.86. The molecule has 2 heterocycles. The number of carboxylic acids is 1. The zero-order valence-electron chi connectivity index (χ0n) is 10.9. The number of carbonyl (C=O) groups is 1. The lowest BCUT2D eigenvalue weighted by Crippen LogP contribution is -2.10. The predicted molar refractivity (Wildman–Crippen MR) is 77.5 cm³/mol. The van der Waals surface area contributed by atoms with Crippen LogP contribution in [-0.4, -0.2) is 20.9 Å². The van der Waals surface area contributed by atoms with Crippen LogP contribution in [0.25, 0.3) is 11.3 Å². The van der Waals surface area contributed by atoms with E-state index in [2.05, 4.69) is 5.10 Å². The number of aryl methyl sites for hydroxylation is 1. The number of benzene rings is 1. The molecule has 0 unspecified atom stereocenters. The van der Waals surface area contributed by atoms with E-state index in [0.29, 0.717) is 5.02 Å². The Balaban J connectivity index is 2.19. The van der Waals surface area contributed by atoms with Crippen LogP contribution < -0.4 is 0 Å². The summed E-state index contributed by atoms with van der Waals surface area (Å²) in [7, 11) is 0. The Morgan fingerprint density at radius 3 is 2.76 bits per heavy atom. The lowest BCUT2D eigenvalue weighted by Gasteiger charge is -2.12. The molecular weight excluding hydrogens is 318 g/mol. The number of carboxylic acid groups (broad SMARTS) is 1. The number of fused-ring (bicyclic) bond motifs is 1. The summed E-state index contributed by atoms with van der Waals surface area (Å²) in [5, 5.41) is 13.6. The van der Waals surface area contributed by atoms with Crippen molar-refractivity contribution in [1.82, 2.24) is 9.78 Å². The van der Waals surface area contributed by atoms with E-state index in [0.717, 1.165) is 37.6 Å². The first kappa shape index (κ1) is 14.4. The molecule has 1 aromatic heterocycles. The van der Waals surface area contributed by atoms with Gasteiger partial charge < -0.3 is 5.11 Å².